The molecule has 1 heterocycles. The molecule has 6 heteroatoms. The van der Waals surface area contributed by atoms with Gasteiger partial charge in [-0.1, -0.05) is 0 Å². The van der Waals surface area contributed by atoms with E-state index in [0.29, 0.717) is 39.3 Å². The molecule has 1 fully saturated rings. The predicted molar refractivity (Wildman–Crippen MR) is 61.5 cm³/mol. The molecule has 1 aliphatic rings. The number of morpholine rings is 1. The van der Waals surface area contributed by atoms with Gasteiger partial charge in [-0.15, -0.1) is 0 Å². The summed E-state index contributed by atoms with van der Waals surface area (Å²) in [5.74, 6) is -0.303. The third kappa shape index (κ3) is 4.32. The maximum atomic E-state index is 11.8. The molecule has 1 saturated heterocycles. The van der Waals surface area contributed by atoms with Gasteiger partial charge in [-0.3, -0.25) is 14.5 Å². The third-order valence-electron chi connectivity index (χ3n) is 2.72. The van der Waals surface area contributed by atoms with Crippen molar-refractivity contribution in [3.8, 4) is 0 Å². The van der Waals surface area contributed by atoms with Crippen LogP contribution in [0.1, 0.15) is 13.3 Å². The molecular weight excluding hydrogens is 224 g/mol. The van der Waals surface area contributed by atoms with Gasteiger partial charge in [0.15, 0.2) is 0 Å². The summed E-state index contributed by atoms with van der Waals surface area (Å²) in [5.41, 5.74) is 0. The van der Waals surface area contributed by atoms with Crippen molar-refractivity contribution in [3.05, 3.63) is 0 Å². The van der Waals surface area contributed by atoms with Crippen LogP contribution in [0.3, 0.4) is 0 Å². The number of rotatable bonds is 5. The van der Waals surface area contributed by atoms with Crippen LogP contribution in [0.4, 0.5) is 0 Å². The van der Waals surface area contributed by atoms with E-state index < -0.39 is 0 Å². The average molecular weight is 244 g/mol. The van der Waals surface area contributed by atoms with E-state index in [9.17, 15) is 9.59 Å². The second-order valence-electron chi connectivity index (χ2n) is 3.85. The van der Waals surface area contributed by atoms with Crippen LogP contribution in [0.5, 0.6) is 0 Å². The van der Waals surface area contributed by atoms with E-state index in [0.717, 1.165) is 0 Å². The van der Waals surface area contributed by atoms with Crippen molar-refractivity contribution in [3.63, 3.8) is 0 Å². The molecule has 0 aromatic carbocycles. The average Bonchev–Trinajstić information content (AvgIpc) is 2.36. The Labute approximate surface area is 101 Å². The summed E-state index contributed by atoms with van der Waals surface area (Å²) in [5, 5.41) is 2.77. The van der Waals surface area contributed by atoms with Crippen LogP contribution >= 0.6 is 0 Å². The number of ether oxygens (including phenoxy) is 2. The first-order chi connectivity index (χ1) is 8.19. The number of likely N-dealkylation sites (N-methyl/N-ethyl adjacent to an activating group) is 1. The Morgan fingerprint density at radius 1 is 1.53 bits per heavy atom. The van der Waals surface area contributed by atoms with Crippen molar-refractivity contribution in [2.24, 2.45) is 0 Å². The maximum Gasteiger partial charge on any atom is 0.306 e. The summed E-state index contributed by atoms with van der Waals surface area (Å²) < 4.78 is 9.88. The first-order valence-corrected chi connectivity index (χ1v) is 5.85. The fraction of sp³-hybridized carbons (Fsp3) is 0.818. The fourth-order valence-corrected chi connectivity index (χ4v) is 1.78. The van der Waals surface area contributed by atoms with E-state index >= 15 is 0 Å². The van der Waals surface area contributed by atoms with Gasteiger partial charge in [0.05, 0.1) is 26.7 Å². The highest BCUT2D eigenvalue weighted by Gasteiger charge is 2.29. The number of carbonyl (C=O) groups is 2. The molecule has 0 aromatic rings. The van der Waals surface area contributed by atoms with Crippen LogP contribution < -0.4 is 5.32 Å². The molecule has 1 atom stereocenters. The van der Waals surface area contributed by atoms with Gasteiger partial charge in [0.2, 0.25) is 5.91 Å². The zero-order valence-corrected chi connectivity index (χ0v) is 10.4. The van der Waals surface area contributed by atoms with Gasteiger partial charge in [-0.25, -0.2) is 0 Å². The van der Waals surface area contributed by atoms with E-state index in [-0.39, 0.29) is 17.9 Å². The Balaban J connectivity index is 2.47. The second kappa shape index (κ2) is 7.24. The van der Waals surface area contributed by atoms with Crippen molar-refractivity contribution >= 4 is 11.9 Å². The van der Waals surface area contributed by atoms with Crippen molar-refractivity contribution in [1.82, 2.24) is 10.2 Å². The molecule has 98 valence electrons. The SMILES string of the molecule is CCNC(=O)C1COCCN1CCC(=O)OC. The van der Waals surface area contributed by atoms with Crippen molar-refractivity contribution < 1.29 is 19.1 Å². The molecule has 1 rings (SSSR count). The number of methoxy groups -OCH3 is 1. The Bertz CT molecular complexity index is 270. The molecule has 0 radical (unpaired) electrons. The zero-order chi connectivity index (χ0) is 12.7. The highest BCUT2D eigenvalue weighted by atomic mass is 16.5. The summed E-state index contributed by atoms with van der Waals surface area (Å²) >= 11 is 0. The highest BCUT2D eigenvalue weighted by Crippen LogP contribution is 2.08. The smallest absolute Gasteiger partial charge is 0.306 e. The molecule has 0 aromatic heterocycles. The van der Waals surface area contributed by atoms with E-state index in [4.69, 9.17) is 4.74 Å². The largest absolute Gasteiger partial charge is 0.469 e. The number of hydrogen-bond donors (Lipinski definition) is 1. The van der Waals surface area contributed by atoms with E-state index in [1.807, 2.05) is 11.8 Å². The van der Waals surface area contributed by atoms with Crippen LogP contribution in [-0.4, -0.2) is 62.8 Å². The summed E-state index contributed by atoms with van der Waals surface area (Å²) in [6.45, 7) is 4.64. The number of hydrogen-bond acceptors (Lipinski definition) is 5. The number of carbonyl (C=O) groups excluding carboxylic acids is 2. The normalized spacial score (nSPS) is 20.9. The quantitative estimate of drug-likeness (QED) is 0.653. The molecule has 0 aliphatic carbocycles. The van der Waals surface area contributed by atoms with Gasteiger partial charge in [-0.05, 0) is 6.92 Å². The molecule has 0 bridgehead atoms. The van der Waals surface area contributed by atoms with Crippen molar-refractivity contribution in [2.75, 3.05) is 40.0 Å². The molecule has 1 unspecified atom stereocenters. The van der Waals surface area contributed by atoms with Gasteiger partial charge in [0, 0.05) is 19.6 Å². The van der Waals surface area contributed by atoms with Crippen LogP contribution in [0.15, 0.2) is 0 Å². The zero-order valence-electron chi connectivity index (χ0n) is 10.4. The lowest BCUT2D eigenvalue weighted by atomic mass is 10.2. The summed E-state index contributed by atoms with van der Waals surface area (Å²) in [4.78, 5) is 24.8. The van der Waals surface area contributed by atoms with E-state index in [1.54, 1.807) is 0 Å². The summed E-state index contributed by atoms with van der Waals surface area (Å²) in [6, 6.07) is -0.298. The predicted octanol–water partition coefficient (Wildman–Crippen LogP) is -0.614. The lowest BCUT2D eigenvalue weighted by Crippen LogP contribution is -2.54. The van der Waals surface area contributed by atoms with Gasteiger partial charge in [0.1, 0.15) is 6.04 Å². The van der Waals surface area contributed by atoms with Crippen LogP contribution in [0, 0.1) is 0 Å². The number of amides is 1. The van der Waals surface area contributed by atoms with E-state index in [2.05, 4.69) is 10.1 Å². The number of esters is 1. The van der Waals surface area contributed by atoms with Crippen LogP contribution in [0.2, 0.25) is 0 Å². The monoisotopic (exact) mass is 244 g/mol. The topological polar surface area (TPSA) is 67.9 Å². The van der Waals surface area contributed by atoms with Gasteiger partial charge in [-0.2, -0.15) is 0 Å². The van der Waals surface area contributed by atoms with Gasteiger partial charge < -0.3 is 14.8 Å². The van der Waals surface area contributed by atoms with Crippen molar-refractivity contribution in [2.45, 2.75) is 19.4 Å². The minimum atomic E-state index is -0.298. The first kappa shape index (κ1) is 13.9. The first-order valence-electron chi connectivity index (χ1n) is 5.85. The molecular formula is C11H20N2O4. The Hall–Kier alpha value is -1.14. The highest BCUT2D eigenvalue weighted by molar-refractivity contribution is 5.82. The molecule has 1 aliphatic heterocycles. The minimum Gasteiger partial charge on any atom is -0.469 e. The lowest BCUT2D eigenvalue weighted by molar-refractivity contribution is -0.143. The van der Waals surface area contributed by atoms with Crippen molar-refractivity contribution in [1.29, 1.82) is 0 Å². The molecule has 17 heavy (non-hydrogen) atoms. The Morgan fingerprint density at radius 2 is 2.29 bits per heavy atom. The maximum absolute atomic E-state index is 11.8. The Morgan fingerprint density at radius 3 is 2.94 bits per heavy atom. The van der Waals surface area contributed by atoms with Gasteiger partial charge in [0.25, 0.3) is 0 Å². The van der Waals surface area contributed by atoms with Gasteiger partial charge >= 0.3 is 5.97 Å². The Kier molecular flexibility index (Phi) is 5.93. The second-order valence-corrected chi connectivity index (χ2v) is 3.85. The summed E-state index contributed by atoms with van der Waals surface area (Å²) in [6.07, 6.45) is 0.298. The van der Waals surface area contributed by atoms with E-state index in [1.165, 1.54) is 7.11 Å². The number of nitrogens with one attached hydrogen (secondary N) is 1. The third-order valence-corrected chi connectivity index (χ3v) is 2.72. The molecule has 6 nitrogen and oxygen atoms in total. The van der Waals surface area contributed by atoms with Crippen LogP contribution in [-0.2, 0) is 19.1 Å². The molecule has 0 saturated carbocycles. The molecule has 1 amide bonds. The molecule has 1 N–H and O–H groups in total. The lowest BCUT2D eigenvalue weighted by Gasteiger charge is -2.34. The van der Waals surface area contributed by atoms with Crippen LogP contribution in [0.25, 0.3) is 0 Å². The minimum absolute atomic E-state index is 0.0444. The standard InChI is InChI=1S/C11H20N2O4/c1-3-12-11(15)9-8-17-7-6-13(9)5-4-10(14)16-2/h9H,3-8H2,1-2H3,(H,12,15). The molecule has 0 spiro atoms. The summed E-state index contributed by atoms with van der Waals surface area (Å²) in [7, 11) is 1.36. The fourth-order valence-electron chi connectivity index (χ4n) is 1.78. The number of nitrogens with zero attached hydrogens (tertiary/aromatic N) is 1.